The van der Waals surface area contributed by atoms with Gasteiger partial charge >= 0.3 is 0 Å². The summed E-state index contributed by atoms with van der Waals surface area (Å²) in [6.45, 7) is 7.33. The molecule has 0 amide bonds. The second kappa shape index (κ2) is 6.58. The molecule has 0 aliphatic heterocycles. The molecule has 2 aromatic carbocycles. The molecule has 1 atom stereocenters. The third-order valence-corrected chi connectivity index (χ3v) is 3.49. The molecule has 0 spiro atoms. The van der Waals surface area contributed by atoms with Crippen LogP contribution in [0.4, 0.5) is 0 Å². The lowest BCUT2D eigenvalue weighted by Gasteiger charge is -2.16. The largest absolute Gasteiger partial charge is 0.497 e. The van der Waals surface area contributed by atoms with Gasteiger partial charge in [-0.2, -0.15) is 0 Å². The number of rotatable bonds is 5. The van der Waals surface area contributed by atoms with E-state index in [1.54, 1.807) is 7.11 Å². The van der Waals surface area contributed by atoms with E-state index in [4.69, 9.17) is 4.74 Å². The molecule has 20 heavy (non-hydrogen) atoms. The maximum absolute atomic E-state index is 5.25. The van der Waals surface area contributed by atoms with E-state index in [0.29, 0.717) is 6.04 Å². The van der Waals surface area contributed by atoms with Crippen LogP contribution in [0.15, 0.2) is 42.5 Å². The molecule has 0 aliphatic carbocycles. The summed E-state index contributed by atoms with van der Waals surface area (Å²) in [5.74, 6) is 0.906. The highest BCUT2D eigenvalue weighted by molar-refractivity contribution is 5.31. The predicted molar refractivity (Wildman–Crippen MR) is 84.2 cm³/mol. The van der Waals surface area contributed by atoms with E-state index in [2.05, 4.69) is 56.4 Å². The molecule has 1 unspecified atom stereocenters. The van der Waals surface area contributed by atoms with Crippen LogP contribution in [0.5, 0.6) is 5.75 Å². The summed E-state index contributed by atoms with van der Waals surface area (Å²) in [5, 5.41) is 3.57. The third kappa shape index (κ3) is 3.84. The zero-order valence-corrected chi connectivity index (χ0v) is 12.7. The lowest BCUT2D eigenvalue weighted by atomic mass is 10.0. The lowest BCUT2D eigenvalue weighted by Crippen LogP contribution is -2.18. The van der Waals surface area contributed by atoms with Gasteiger partial charge in [0, 0.05) is 12.6 Å². The summed E-state index contributed by atoms with van der Waals surface area (Å²) in [6, 6.07) is 15.2. The van der Waals surface area contributed by atoms with Gasteiger partial charge in [-0.3, -0.25) is 0 Å². The van der Waals surface area contributed by atoms with Gasteiger partial charge in [-0.05, 0) is 44.0 Å². The molecule has 2 aromatic rings. The Morgan fingerprint density at radius 3 is 2.40 bits per heavy atom. The number of benzene rings is 2. The Bertz CT molecular complexity index is 557. The van der Waals surface area contributed by atoms with Crippen molar-refractivity contribution in [3.8, 4) is 5.75 Å². The van der Waals surface area contributed by atoms with Gasteiger partial charge in [0.05, 0.1) is 7.11 Å². The van der Waals surface area contributed by atoms with Crippen molar-refractivity contribution in [2.45, 2.75) is 33.4 Å². The molecule has 2 rings (SSSR count). The summed E-state index contributed by atoms with van der Waals surface area (Å²) in [6.07, 6.45) is 0. The zero-order chi connectivity index (χ0) is 14.5. The van der Waals surface area contributed by atoms with Crippen LogP contribution >= 0.6 is 0 Å². The van der Waals surface area contributed by atoms with E-state index in [9.17, 15) is 0 Å². The van der Waals surface area contributed by atoms with Gasteiger partial charge in [-0.25, -0.2) is 0 Å². The first-order valence-electron chi connectivity index (χ1n) is 7.03. The fraction of sp³-hybridized carbons (Fsp3) is 0.333. The molecule has 0 heterocycles. The number of aryl methyl sites for hydroxylation is 2. The highest BCUT2D eigenvalue weighted by Gasteiger charge is 2.06. The Hall–Kier alpha value is -1.80. The van der Waals surface area contributed by atoms with Crippen LogP contribution in [0.25, 0.3) is 0 Å². The second-order valence-electron chi connectivity index (χ2n) is 5.38. The number of ether oxygens (including phenoxy) is 1. The maximum Gasteiger partial charge on any atom is 0.119 e. The van der Waals surface area contributed by atoms with Crippen LogP contribution in [0.3, 0.4) is 0 Å². The highest BCUT2D eigenvalue weighted by atomic mass is 16.5. The molecule has 0 radical (unpaired) electrons. The van der Waals surface area contributed by atoms with E-state index in [1.807, 2.05) is 12.1 Å². The quantitative estimate of drug-likeness (QED) is 0.880. The Labute approximate surface area is 121 Å². The molecular weight excluding hydrogens is 246 g/mol. The van der Waals surface area contributed by atoms with Gasteiger partial charge in [0.2, 0.25) is 0 Å². The molecule has 0 aliphatic rings. The predicted octanol–water partition coefficient (Wildman–Crippen LogP) is 4.16. The Balaban J connectivity index is 2.02. The summed E-state index contributed by atoms with van der Waals surface area (Å²) in [4.78, 5) is 0. The van der Waals surface area contributed by atoms with Gasteiger partial charge in [-0.1, -0.05) is 41.5 Å². The summed E-state index contributed by atoms with van der Waals surface area (Å²) < 4.78 is 5.25. The van der Waals surface area contributed by atoms with Gasteiger partial charge in [0.25, 0.3) is 0 Å². The number of hydrogen-bond acceptors (Lipinski definition) is 2. The fourth-order valence-corrected chi connectivity index (χ4v) is 2.43. The van der Waals surface area contributed by atoms with E-state index in [-0.39, 0.29) is 0 Å². The second-order valence-corrected chi connectivity index (χ2v) is 5.38. The molecular formula is C18H23NO. The molecule has 0 saturated carbocycles. The first-order chi connectivity index (χ1) is 9.58. The normalized spacial score (nSPS) is 12.2. The molecule has 0 aromatic heterocycles. The van der Waals surface area contributed by atoms with Gasteiger partial charge < -0.3 is 10.1 Å². The molecule has 2 heteroatoms. The first kappa shape index (κ1) is 14.6. The highest BCUT2D eigenvalue weighted by Crippen LogP contribution is 2.18. The van der Waals surface area contributed by atoms with Gasteiger partial charge in [0.15, 0.2) is 0 Å². The average molecular weight is 269 g/mol. The van der Waals surface area contributed by atoms with Crippen LogP contribution in [0, 0.1) is 13.8 Å². The van der Waals surface area contributed by atoms with Crippen molar-refractivity contribution in [2.24, 2.45) is 0 Å². The summed E-state index contributed by atoms with van der Waals surface area (Å²) in [5.41, 5.74) is 5.20. The molecule has 2 nitrogen and oxygen atoms in total. The molecule has 106 valence electrons. The van der Waals surface area contributed by atoms with Crippen LogP contribution in [0.1, 0.15) is 35.2 Å². The Morgan fingerprint density at radius 1 is 1.05 bits per heavy atom. The summed E-state index contributed by atoms with van der Waals surface area (Å²) in [7, 11) is 1.70. The fourth-order valence-electron chi connectivity index (χ4n) is 2.43. The monoisotopic (exact) mass is 269 g/mol. The van der Waals surface area contributed by atoms with Crippen molar-refractivity contribution in [2.75, 3.05) is 7.11 Å². The van der Waals surface area contributed by atoms with Gasteiger partial charge in [-0.15, -0.1) is 0 Å². The topological polar surface area (TPSA) is 21.3 Å². The third-order valence-electron chi connectivity index (χ3n) is 3.49. The van der Waals surface area contributed by atoms with Crippen LogP contribution < -0.4 is 10.1 Å². The number of methoxy groups -OCH3 is 1. The first-order valence-corrected chi connectivity index (χ1v) is 7.03. The van der Waals surface area contributed by atoms with Crippen LogP contribution in [0.2, 0.25) is 0 Å². The van der Waals surface area contributed by atoms with E-state index in [0.717, 1.165) is 12.3 Å². The van der Waals surface area contributed by atoms with E-state index >= 15 is 0 Å². The number of hydrogen-bond donors (Lipinski definition) is 1. The minimum Gasteiger partial charge on any atom is -0.497 e. The maximum atomic E-state index is 5.25. The van der Waals surface area contributed by atoms with E-state index in [1.165, 1.54) is 22.3 Å². The SMILES string of the molecule is COc1cccc(CNC(C)c2cc(C)cc(C)c2)c1. The average Bonchev–Trinajstić information content (AvgIpc) is 2.44. The smallest absolute Gasteiger partial charge is 0.119 e. The standard InChI is InChI=1S/C18H23NO/c1-13-8-14(2)10-17(9-13)15(3)19-12-16-6-5-7-18(11-16)20-4/h5-11,15,19H,12H2,1-4H3. The molecule has 0 bridgehead atoms. The van der Waals surface area contributed by atoms with Crippen LogP contribution in [-0.4, -0.2) is 7.11 Å². The minimum atomic E-state index is 0.333. The number of nitrogens with one attached hydrogen (secondary N) is 1. The van der Waals surface area contributed by atoms with Crippen molar-refractivity contribution in [1.29, 1.82) is 0 Å². The van der Waals surface area contributed by atoms with Crippen molar-refractivity contribution in [3.63, 3.8) is 0 Å². The van der Waals surface area contributed by atoms with Crippen molar-refractivity contribution in [3.05, 3.63) is 64.7 Å². The van der Waals surface area contributed by atoms with Crippen LogP contribution in [-0.2, 0) is 6.54 Å². The molecule has 0 fully saturated rings. The summed E-state index contributed by atoms with van der Waals surface area (Å²) >= 11 is 0. The van der Waals surface area contributed by atoms with Crippen molar-refractivity contribution >= 4 is 0 Å². The van der Waals surface area contributed by atoms with E-state index < -0.39 is 0 Å². The Kier molecular flexibility index (Phi) is 4.80. The van der Waals surface area contributed by atoms with Gasteiger partial charge in [0.1, 0.15) is 5.75 Å². The van der Waals surface area contributed by atoms with Crippen molar-refractivity contribution < 1.29 is 4.74 Å². The van der Waals surface area contributed by atoms with Crippen molar-refractivity contribution in [1.82, 2.24) is 5.32 Å². The molecule has 0 saturated heterocycles. The minimum absolute atomic E-state index is 0.333. The lowest BCUT2D eigenvalue weighted by molar-refractivity contribution is 0.414. The molecule has 1 N–H and O–H groups in total. The Morgan fingerprint density at radius 2 is 1.75 bits per heavy atom. The zero-order valence-electron chi connectivity index (χ0n) is 12.7.